The van der Waals surface area contributed by atoms with Crippen molar-refractivity contribution >= 4 is 5.97 Å². The summed E-state index contributed by atoms with van der Waals surface area (Å²) in [6.45, 7) is 2.09. The van der Waals surface area contributed by atoms with E-state index in [4.69, 9.17) is 16.2 Å². The number of nitrogens with two attached hydrogens (primary N) is 2. The molecule has 4 N–H and O–H groups in total. The molecule has 1 aromatic rings. The summed E-state index contributed by atoms with van der Waals surface area (Å²) in [4.78, 5) is 10.7. The van der Waals surface area contributed by atoms with Gasteiger partial charge >= 0.3 is 5.97 Å². The van der Waals surface area contributed by atoms with Crippen LogP contribution in [0.15, 0.2) is 24.3 Å². The van der Waals surface area contributed by atoms with Crippen molar-refractivity contribution in [2.24, 2.45) is 11.5 Å². The third kappa shape index (κ3) is 4.97. The van der Waals surface area contributed by atoms with Crippen LogP contribution in [0, 0.1) is 0 Å². The lowest BCUT2D eigenvalue weighted by Crippen LogP contribution is -2.11. The van der Waals surface area contributed by atoms with E-state index in [9.17, 15) is 4.79 Å². The number of esters is 1. The van der Waals surface area contributed by atoms with Crippen molar-refractivity contribution in [1.82, 2.24) is 0 Å². The zero-order chi connectivity index (χ0) is 12.7. The Hall–Kier alpha value is -1.39. The Bertz CT molecular complexity index is 349. The van der Waals surface area contributed by atoms with Crippen LogP contribution >= 0.6 is 0 Å². The fourth-order valence-corrected chi connectivity index (χ4v) is 1.62. The summed E-state index contributed by atoms with van der Waals surface area (Å²) in [5, 5.41) is 0. The topological polar surface area (TPSA) is 78.3 Å². The number of carbonyl (C=O) groups is 1. The minimum Gasteiger partial charge on any atom is -0.427 e. The fourth-order valence-electron chi connectivity index (χ4n) is 1.62. The molecular weight excluding hydrogens is 216 g/mol. The lowest BCUT2D eigenvalue weighted by Gasteiger charge is -2.12. The maximum Gasteiger partial charge on any atom is 0.308 e. The second-order valence-electron chi connectivity index (χ2n) is 4.05. The molecule has 1 rings (SSSR count). The first kappa shape index (κ1) is 13.7. The average Bonchev–Trinajstić information content (AvgIpc) is 2.29. The molecule has 0 aliphatic heterocycles. The van der Waals surface area contributed by atoms with E-state index in [-0.39, 0.29) is 12.0 Å². The van der Waals surface area contributed by atoms with Crippen molar-refractivity contribution in [3.05, 3.63) is 29.8 Å². The highest BCUT2D eigenvalue weighted by Gasteiger charge is 2.06. The number of hydrogen-bond acceptors (Lipinski definition) is 4. The van der Waals surface area contributed by atoms with E-state index in [0.717, 1.165) is 24.8 Å². The molecule has 0 aliphatic rings. The van der Waals surface area contributed by atoms with Crippen LogP contribution in [0.1, 0.15) is 37.8 Å². The van der Waals surface area contributed by atoms with Gasteiger partial charge in [-0.3, -0.25) is 4.79 Å². The predicted octanol–water partition coefficient (Wildman–Crippen LogP) is 1.74. The quantitative estimate of drug-likeness (QED) is 0.448. The second-order valence-corrected chi connectivity index (χ2v) is 4.05. The number of rotatable bonds is 6. The van der Waals surface area contributed by atoms with Crippen LogP contribution in [0.4, 0.5) is 0 Å². The van der Waals surface area contributed by atoms with Gasteiger partial charge in [-0.05, 0) is 37.1 Å². The molecule has 0 fully saturated rings. The smallest absolute Gasteiger partial charge is 0.308 e. The molecule has 17 heavy (non-hydrogen) atoms. The number of carbonyl (C=O) groups excluding carboxylic acids is 1. The SMILES string of the molecule is CC(=O)Oc1ccc([C@H](N)CCCCN)cc1. The van der Waals surface area contributed by atoms with E-state index in [1.807, 2.05) is 12.1 Å². The van der Waals surface area contributed by atoms with Crippen molar-refractivity contribution in [2.45, 2.75) is 32.2 Å². The third-order valence-electron chi connectivity index (χ3n) is 2.54. The predicted molar refractivity (Wildman–Crippen MR) is 67.6 cm³/mol. The molecule has 0 heterocycles. The van der Waals surface area contributed by atoms with Gasteiger partial charge in [0.1, 0.15) is 5.75 Å². The highest BCUT2D eigenvalue weighted by Crippen LogP contribution is 2.20. The minimum atomic E-state index is -0.315. The van der Waals surface area contributed by atoms with Crippen LogP contribution in [0.5, 0.6) is 5.75 Å². The van der Waals surface area contributed by atoms with Crippen molar-refractivity contribution in [1.29, 1.82) is 0 Å². The monoisotopic (exact) mass is 236 g/mol. The Morgan fingerprint density at radius 2 is 1.94 bits per heavy atom. The molecule has 1 atom stereocenters. The molecule has 4 nitrogen and oxygen atoms in total. The zero-order valence-electron chi connectivity index (χ0n) is 10.2. The van der Waals surface area contributed by atoms with Gasteiger partial charge in [0.15, 0.2) is 0 Å². The summed E-state index contributed by atoms with van der Waals surface area (Å²) in [5.41, 5.74) is 12.5. The van der Waals surface area contributed by atoms with Crippen LogP contribution in [0.3, 0.4) is 0 Å². The van der Waals surface area contributed by atoms with Gasteiger partial charge in [0.05, 0.1) is 0 Å². The number of unbranched alkanes of at least 4 members (excludes halogenated alkanes) is 1. The summed E-state index contributed by atoms with van der Waals surface area (Å²) in [6.07, 6.45) is 2.95. The number of hydrogen-bond donors (Lipinski definition) is 2. The lowest BCUT2D eigenvalue weighted by molar-refractivity contribution is -0.131. The molecule has 94 valence electrons. The van der Waals surface area contributed by atoms with Gasteiger partial charge in [-0.1, -0.05) is 18.6 Å². The second kappa shape index (κ2) is 7.04. The molecule has 0 amide bonds. The molecule has 4 heteroatoms. The normalized spacial score (nSPS) is 12.2. The summed E-state index contributed by atoms with van der Waals surface area (Å²) in [7, 11) is 0. The first-order valence-electron chi connectivity index (χ1n) is 5.87. The van der Waals surface area contributed by atoms with Crippen LogP contribution in [-0.2, 0) is 4.79 Å². The Morgan fingerprint density at radius 3 is 2.47 bits per heavy atom. The minimum absolute atomic E-state index is 0.0212. The van der Waals surface area contributed by atoms with Gasteiger partial charge < -0.3 is 16.2 Å². The highest BCUT2D eigenvalue weighted by atomic mass is 16.5. The van der Waals surface area contributed by atoms with Gasteiger partial charge in [-0.2, -0.15) is 0 Å². The van der Waals surface area contributed by atoms with Crippen molar-refractivity contribution in [2.75, 3.05) is 6.54 Å². The van der Waals surface area contributed by atoms with Crippen LogP contribution in [0.2, 0.25) is 0 Å². The summed E-state index contributed by atoms with van der Waals surface area (Å²) >= 11 is 0. The summed E-state index contributed by atoms with van der Waals surface area (Å²) < 4.78 is 4.95. The van der Waals surface area contributed by atoms with E-state index in [1.165, 1.54) is 6.92 Å². The van der Waals surface area contributed by atoms with Crippen molar-refractivity contribution < 1.29 is 9.53 Å². The van der Waals surface area contributed by atoms with E-state index >= 15 is 0 Å². The number of ether oxygens (including phenoxy) is 1. The van der Waals surface area contributed by atoms with E-state index in [2.05, 4.69) is 0 Å². The van der Waals surface area contributed by atoms with Crippen molar-refractivity contribution in [3.63, 3.8) is 0 Å². The Kier molecular flexibility index (Phi) is 5.66. The van der Waals surface area contributed by atoms with Gasteiger partial charge in [0.25, 0.3) is 0 Å². The van der Waals surface area contributed by atoms with Crippen molar-refractivity contribution in [3.8, 4) is 5.75 Å². The van der Waals surface area contributed by atoms with Crippen LogP contribution in [0.25, 0.3) is 0 Å². The molecule has 0 unspecified atom stereocenters. The molecular formula is C13H20N2O2. The van der Waals surface area contributed by atoms with Gasteiger partial charge in [-0.25, -0.2) is 0 Å². The van der Waals surface area contributed by atoms with Gasteiger partial charge in [-0.15, -0.1) is 0 Å². The van der Waals surface area contributed by atoms with E-state index in [0.29, 0.717) is 12.3 Å². The molecule has 0 saturated heterocycles. The molecule has 0 aliphatic carbocycles. The van der Waals surface area contributed by atoms with E-state index < -0.39 is 0 Å². The fraction of sp³-hybridized carbons (Fsp3) is 0.462. The lowest BCUT2D eigenvalue weighted by atomic mass is 10.0. The molecule has 0 aromatic heterocycles. The highest BCUT2D eigenvalue weighted by molar-refractivity contribution is 5.69. The van der Waals surface area contributed by atoms with Gasteiger partial charge in [0, 0.05) is 13.0 Å². The molecule has 1 aromatic carbocycles. The molecule has 0 radical (unpaired) electrons. The standard InChI is InChI=1S/C13H20N2O2/c1-10(16)17-12-7-5-11(6-8-12)13(15)4-2-3-9-14/h5-8,13H,2-4,9,14-15H2,1H3/t13-/m1/s1. The van der Waals surface area contributed by atoms with Crippen LogP contribution in [-0.4, -0.2) is 12.5 Å². The maximum absolute atomic E-state index is 10.7. The Balaban J connectivity index is 2.51. The molecule has 0 saturated carbocycles. The largest absolute Gasteiger partial charge is 0.427 e. The molecule has 0 spiro atoms. The summed E-state index contributed by atoms with van der Waals surface area (Å²) in [5.74, 6) is 0.236. The number of benzene rings is 1. The van der Waals surface area contributed by atoms with E-state index in [1.54, 1.807) is 12.1 Å². The first-order valence-corrected chi connectivity index (χ1v) is 5.87. The Morgan fingerprint density at radius 1 is 1.29 bits per heavy atom. The maximum atomic E-state index is 10.7. The zero-order valence-corrected chi connectivity index (χ0v) is 10.2. The summed E-state index contributed by atoms with van der Waals surface area (Å²) in [6, 6.07) is 7.34. The molecule has 0 bridgehead atoms. The average molecular weight is 236 g/mol. The Labute approximate surface area is 102 Å². The van der Waals surface area contributed by atoms with Crippen LogP contribution < -0.4 is 16.2 Å². The first-order chi connectivity index (χ1) is 8.13. The van der Waals surface area contributed by atoms with Gasteiger partial charge in [0.2, 0.25) is 0 Å². The third-order valence-corrected chi connectivity index (χ3v) is 2.54.